The molecule has 0 amide bonds. The van der Waals surface area contributed by atoms with Gasteiger partial charge in [0, 0.05) is 25.4 Å². The highest BCUT2D eigenvalue weighted by Gasteiger charge is 2.19. The van der Waals surface area contributed by atoms with E-state index in [4.69, 9.17) is 11.6 Å². The van der Waals surface area contributed by atoms with E-state index < -0.39 is 0 Å². The summed E-state index contributed by atoms with van der Waals surface area (Å²) in [7, 11) is 1.90. The van der Waals surface area contributed by atoms with Crippen molar-refractivity contribution in [2.75, 3.05) is 18.5 Å². The number of halogens is 2. The van der Waals surface area contributed by atoms with Crippen LogP contribution in [-0.2, 0) is 5.88 Å². The van der Waals surface area contributed by atoms with Crippen LogP contribution in [0.1, 0.15) is 31.2 Å². The van der Waals surface area contributed by atoms with Crippen LogP contribution in [0.2, 0.25) is 0 Å². The van der Waals surface area contributed by atoms with Crippen LogP contribution in [0.4, 0.5) is 10.2 Å². The number of nitrogens with zero attached hydrogens (tertiary/aromatic N) is 2. The highest BCUT2D eigenvalue weighted by Crippen LogP contribution is 2.27. The first kappa shape index (κ1) is 12.6. The largest absolute Gasteiger partial charge is 0.357 e. The predicted molar refractivity (Wildman–Crippen MR) is 69.0 cm³/mol. The molecule has 0 atom stereocenters. The van der Waals surface area contributed by atoms with E-state index >= 15 is 0 Å². The first-order chi connectivity index (χ1) is 8.22. The Morgan fingerprint density at radius 2 is 2.18 bits per heavy atom. The lowest BCUT2D eigenvalue weighted by atomic mass is 10.1. The third kappa shape index (κ3) is 2.89. The number of hydrogen-bond donors (Lipinski definition) is 0. The molecule has 4 heteroatoms. The van der Waals surface area contributed by atoms with Gasteiger partial charge in [-0.3, -0.25) is 0 Å². The lowest BCUT2D eigenvalue weighted by Gasteiger charge is -2.22. The van der Waals surface area contributed by atoms with Crippen LogP contribution in [0.5, 0.6) is 0 Å². The van der Waals surface area contributed by atoms with E-state index in [9.17, 15) is 4.39 Å². The molecule has 1 saturated carbocycles. The Labute approximate surface area is 107 Å². The van der Waals surface area contributed by atoms with E-state index in [0.29, 0.717) is 17.3 Å². The van der Waals surface area contributed by atoms with Crippen LogP contribution < -0.4 is 4.90 Å². The molecule has 1 heterocycles. The second kappa shape index (κ2) is 5.67. The van der Waals surface area contributed by atoms with Gasteiger partial charge in [-0.2, -0.15) is 0 Å². The molecule has 0 spiro atoms. The van der Waals surface area contributed by atoms with Gasteiger partial charge in [-0.1, -0.05) is 12.8 Å². The molecule has 1 fully saturated rings. The van der Waals surface area contributed by atoms with E-state index in [1.807, 2.05) is 11.9 Å². The standard InChI is InChI=1S/C13H18ClFN2/c1-17(9-10-4-2-3-5-10)13-12(15)11(8-14)6-7-16-13/h6-7,10H,2-5,8-9H2,1H3. The van der Waals surface area contributed by atoms with Crippen molar-refractivity contribution in [3.63, 3.8) is 0 Å². The van der Waals surface area contributed by atoms with Gasteiger partial charge in [-0.25, -0.2) is 9.37 Å². The molecule has 0 radical (unpaired) electrons. The van der Waals surface area contributed by atoms with Crippen molar-refractivity contribution in [1.82, 2.24) is 4.98 Å². The smallest absolute Gasteiger partial charge is 0.170 e. The molecule has 0 unspecified atom stereocenters. The summed E-state index contributed by atoms with van der Waals surface area (Å²) in [4.78, 5) is 6.04. The quantitative estimate of drug-likeness (QED) is 0.766. The molecule has 0 N–H and O–H groups in total. The fraction of sp³-hybridized carbons (Fsp3) is 0.615. The molecule has 17 heavy (non-hydrogen) atoms. The highest BCUT2D eigenvalue weighted by atomic mass is 35.5. The Hall–Kier alpha value is -0.830. The average Bonchev–Trinajstić information content (AvgIpc) is 2.82. The summed E-state index contributed by atoms with van der Waals surface area (Å²) in [5.41, 5.74) is 0.523. The van der Waals surface area contributed by atoms with Gasteiger partial charge in [-0.05, 0) is 24.8 Å². The molecule has 2 rings (SSSR count). The van der Waals surface area contributed by atoms with Crippen molar-refractivity contribution >= 4 is 17.4 Å². The van der Waals surface area contributed by atoms with Crippen molar-refractivity contribution in [1.29, 1.82) is 0 Å². The minimum absolute atomic E-state index is 0.193. The Morgan fingerprint density at radius 1 is 1.47 bits per heavy atom. The number of aromatic nitrogens is 1. The molecule has 1 aromatic rings. The summed E-state index contributed by atoms with van der Waals surface area (Å²) in [6.45, 7) is 0.885. The van der Waals surface area contributed by atoms with Gasteiger partial charge >= 0.3 is 0 Å². The molecule has 2 nitrogen and oxygen atoms in total. The Kier molecular flexibility index (Phi) is 4.21. The number of rotatable bonds is 4. The highest BCUT2D eigenvalue weighted by molar-refractivity contribution is 6.17. The van der Waals surface area contributed by atoms with Crippen LogP contribution >= 0.6 is 11.6 Å². The molecule has 1 aliphatic carbocycles. The lowest BCUT2D eigenvalue weighted by molar-refractivity contribution is 0.533. The Balaban J connectivity index is 2.09. The first-order valence-electron chi connectivity index (χ1n) is 6.13. The summed E-state index contributed by atoms with van der Waals surface area (Å²) in [6, 6.07) is 1.63. The topological polar surface area (TPSA) is 16.1 Å². The molecular weight excluding hydrogens is 239 g/mol. The van der Waals surface area contributed by atoms with Crippen molar-refractivity contribution in [2.24, 2.45) is 5.92 Å². The van der Waals surface area contributed by atoms with E-state index in [1.165, 1.54) is 25.7 Å². The molecule has 0 saturated heterocycles. The third-order valence-electron chi connectivity index (χ3n) is 3.46. The van der Waals surface area contributed by atoms with Gasteiger partial charge in [0.1, 0.15) is 0 Å². The van der Waals surface area contributed by atoms with Gasteiger partial charge in [0.2, 0.25) is 0 Å². The van der Waals surface area contributed by atoms with Crippen LogP contribution in [0, 0.1) is 11.7 Å². The molecule has 94 valence electrons. The minimum Gasteiger partial charge on any atom is -0.357 e. The third-order valence-corrected chi connectivity index (χ3v) is 3.75. The maximum absolute atomic E-state index is 14.0. The van der Waals surface area contributed by atoms with Crippen molar-refractivity contribution in [3.05, 3.63) is 23.6 Å². The number of pyridine rings is 1. The molecule has 1 aliphatic rings. The lowest BCUT2D eigenvalue weighted by Crippen LogP contribution is -2.26. The number of alkyl halides is 1. The van der Waals surface area contributed by atoms with Crippen LogP contribution in [-0.4, -0.2) is 18.6 Å². The second-order valence-corrected chi connectivity index (χ2v) is 5.04. The number of anilines is 1. The molecule has 1 aromatic heterocycles. The van der Waals surface area contributed by atoms with Gasteiger partial charge in [0.25, 0.3) is 0 Å². The maximum atomic E-state index is 14.0. The maximum Gasteiger partial charge on any atom is 0.170 e. The van der Waals surface area contributed by atoms with E-state index in [-0.39, 0.29) is 11.7 Å². The van der Waals surface area contributed by atoms with E-state index in [0.717, 1.165) is 6.54 Å². The molecule has 0 bridgehead atoms. The minimum atomic E-state index is -0.275. The molecule has 0 aromatic carbocycles. The van der Waals surface area contributed by atoms with Gasteiger partial charge in [0.05, 0.1) is 5.88 Å². The van der Waals surface area contributed by atoms with Gasteiger partial charge in [-0.15, -0.1) is 11.6 Å². The Bertz CT molecular complexity index is 378. The zero-order valence-corrected chi connectivity index (χ0v) is 10.9. The first-order valence-corrected chi connectivity index (χ1v) is 6.66. The Morgan fingerprint density at radius 3 is 2.82 bits per heavy atom. The fourth-order valence-electron chi connectivity index (χ4n) is 2.51. The fourth-order valence-corrected chi connectivity index (χ4v) is 2.71. The van der Waals surface area contributed by atoms with Gasteiger partial charge in [0.15, 0.2) is 11.6 Å². The molecule has 0 aliphatic heterocycles. The van der Waals surface area contributed by atoms with Crippen molar-refractivity contribution < 1.29 is 4.39 Å². The summed E-state index contributed by atoms with van der Waals surface area (Å²) < 4.78 is 14.0. The van der Waals surface area contributed by atoms with Crippen molar-refractivity contribution in [3.8, 4) is 0 Å². The normalized spacial score (nSPS) is 16.4. The van der Waals surface area contributed by atoms with Gasteiger partial charge < -0.3 is 4.90 Å². The molecular formula is C13H18ClFN2. The second-order valence-electron chi connectivity index (χ2n) is 4.77. The van der Waals surface area contributed by atoms with Crippen molar-refractivity contribution in [2.45, 2.75) is 31.6 Å². The monoisotopic (exact) mass is 256 g/mol. The van der Waals surface area contributed by atoms with Crippen LogP contribution in [0.3, 0.4) is 0 Å². The average molecular weight is 257 g/mol. The van der Waals surface area contributed by atoms with Crippen LogP contribution in [0.15, 0.2) is 12.3 Å². The van der Waals surface area contributed by atoms with E-state index in [2.05, 4.69) is 4.98 Å². The zero-order chi connectivity index (χ0) is 12.3. The SMILES string of the molecule is CN(CC1CCCC1)c1nccc(CCl)c1F. The predicted octanol–water partition coefficient (Wildman–Crippen LogP) is 3.59. The zero-order valence-electron chi connectivity index (χ0n) is 10.1. The van der Waals surface area contributed by atoms with Crippen LogP contribution in [0.25, 0.3) is 0 Å². The number of hydrogen-bond acceptors (Lipinski definition) is 2. The summed E-state index contributed by atoms with van der Waals surface area (Å²) >= 11 is 5.69. The van der Waals surface area contributed by atoms with E-state index in [1.54, 1.807) is 12.3 Å². The summed E-state index contributed by atoms with van der Waals surface area (Å²) in [5.74, 6) is 1.03. The summed E-state index contributed by atoms with van der Waals surface area (Å²) in [5, 5.41) is 0. The summed E-state index contributed by atoms with van der Waals surface area (Å²) in [6.07, 6.45) is 6.73.